The van der Waals surface area contributed by atoms with Gasteiger partial charge in [-0.15, -0.1) is 0 Å². The summed E-state index contributed by atoms with van der Waals surface area (Å²) in [5.41, 5.74) is 2.95. The van der Waals surface area contributed by atoms with Gasteiger partial charge in [0.15, 0.2) is 0 Å². The fourth-order valence-electron chi connectivity index (χ4n) is 7.85. The van der Waals surface area contributed by atoms with Crippen LogP contribution in [0.5, 0.6) is 0 Å². The fourth-order valence-corrected chi connectivity index (χ4v) is 9.39. The molecule has 5 unspecified atom stereocenters. The summed E-state index contributed by atoms with van der Waals surface area (Å²) in [4.78, 5) is 42.4. The van der Waals surface area contributed by atoms with Crippen LogP contribution in [0.1, 0.15) is 117 Å². The van der Waals surface area contributed by atoms with E-state index in [4.69, 9.17) is 0 Å². The lowest BCUT2D eigenvalue weighted by molar-refractivity contribution is -0.139. The van der Waals surface area contributed by atoms with Gasteiger partial charge in [0, 0.05) is 58.5 Å². The number of sulfonamides is 1. The molecule has 0 aromatic rings. The third kappa shape index (κ3) is 11.2. The lowest BCUT2D eigenvalue weighted by atomic mass is 9.79. The first-order valence-corrected chi connectivity index (χ1v) is 19.6. The molecule has 0 aromatic heterocycles. The van der Waals surface area contributed by atoms with Crippen LogP contribution < -0.4 is 10.7 Å². The van der Waals surface area contributed by atoms with Gasteiger partial charge in [-0.25, -0.2) is 17.7 Å². The molecule has 0 heterocycles. The molecular formula is C34H63N5O6S. The van der Waals surface area contributed by atoms with E-state index in [-0.39, 0.29) is 49.4 Å². The standard InChI is InChI=1S/C34H63N5O6S/c1-6-18-39(19-7-2)34(43)28-21-27(22-29(23-28)46(44,45)37(3)4)32(41)35-30(20-25-14-10-8-11-15-25)31(40)24-38(5)36-33(42)26-16-12-9-13-17-26/h25-31,40H,6-24H2,1-5H3,(H,35,41)(H,36,42). The van der Waals surface area contributed by atoms with Gasteiger partial charge in [-0.05, 0) is 57.3 Å². The third-order valence-corrected chi connectivity index (χ3v) is 12.7. The summed E-state index contributed by atoms with van der Waals surface area (Å²) in [5, 5.41) is 15.4. The molecule has 0 bridgehead atoms. The Kier molecular flexibility index (Phi) is 15.7. The maximum Gasteiger partial charge on any atom is 0.237 e. The van der Waals surface area contributed by atoms with Crippen LogP contribution in [0.2, 0.25) is 0 Å². The lowest BCUT2D eigenvalue weighted by Crippen LogP contribution is -2.54. The predicted molar refractivity (Wildman–Crippen MR) is 181 cm³/mol. The molecule has 3 rings (SSSR count). The zero-order valence-electron chi connectivity index (χ0n) is 29.2. The summed E-state index contributed by atoms with van der Waals surface area (Å²) in [6.45, 7) is 5.39. The number of hydrazine groups is 1. The van der Waals surface area contributed by atoms with Crippen molar-refractivity contribution < 1.29 is 27.9 Å². The second-order valence-electron chi connectivity index (χ2n) is 14.5. The van der Waals surface area contributed by atoms with E-state index in [0.29, 0.717) is 25.4 Å². The average Bonchev–Trinajstić information content (AvgIpc) is 3.04. The number of likely N-dealkylation sites (N-methyl/N-ethyl adjacent to an activating group) is 1. The number of aliphatic hydroxyl groups excluding tert-OH is 1. The largest absolute Gasteiger partial charge is 0.390 e. The molecule has 3 aliphatic rings. The van der Waals surface area contributed by atoms with Gasteiger partial charge in [0.05, 0.1) is 17.4 Å². The summed E-state index contributed by atoms with van der Waals surface area (Å²) in [5.74, 6) is -1.27. The smallest absolute Gasteiger partial charge is 0.237 e. The molecule has 3 fully saturated rings. The van der Waals surface area contributed by atoms with E-state index in [1.807, 2.05) is 18.7 Å². The molecular weight excluding hydrogens is 606 g/mol. The number of nitrogens with zero attached hydrogens (tertiary/aromatic N) is 3. The number of amides is 3. The lowest BCUT2D eigenvalue weighted by Gasteiger charge is -2.38. The van der Waals surface area contributed by atoms with Crippen molar-refractivity contribution in [2.45, 2.75) is 134 Å². The minimum Gasteiger partial charge on any atom is -0.390 e. The first kappa shape index (κ1) is 38.7. The number of carbonyl (C=O) groups excluding carboxylic acids is 3. The Morgan fingerprint density at radius 3 is 1.91 bits per heavy atom. The van der Waals surface area contributed by atoms with Crippen LogP contribution in [-0.4, -0.2) is 104 Å². The maximum absolute atomic E-state index is 14.0. The Balaban J connectivity index is 1.77. The molecule has 0 aromatic carbocycles. The molecule has 3 amide bonds. The summed E-state index contributed by atoms with van der Waals surface area (Å²) < 4.78 is 27.9. The first-order valence-electron chi connectivity index (χ1n) is 18.1. The zero-order chi connectivity index (χ0) is 33.9. The molecule has 46 heavy (non-hydrogen) atoms. The van der Waals surface area contributed by atoms with Crippen LogP contribution in [0.4, 0.5) is 0 Å². The molecule has 0 saturated heterocycles. The highest BCUT2D eigenvalue weighted by Gasteiger charge is 2.44. The number of hydrogen-bond acceptors (Lipinski definition) is 7. The van der Waals surface area contributed by atoms with Crippen LogP contribution in [0.25, 0.3) is 0 Å². The molecule has 0 spiro atoms. The van der Waals surface area contributed by atoms with Crippen molar-refractivity contribution in [3.63, 3.8) is 0 Å². The van der Waals surface area contributed by atoms with Crippen molar-refractivity contribution in [2.75, 3.05) is 40.8 Å². The number of rotatable bonds is 16. The van der Waals surface area contributed by atoms with Gasteiger partial charge in [-0.2, -0.15) is 0 Å². The number of nitrogens with one attached hydrogen (secondary N) is 2. The second-order valence-corrected chi connectivity index (χ2v) is 16.9. The van der Waals surface area contributed by atoms with Crippen LogP contribution in [-0.2, 0) is 24.4 Å². The van der Waals surface area contributed by atoms with Crippen molar-refractivity contribution in [2.24, 2.45) is 23.7 Å². The SMILES string of the molecule is CCCN(CCC)C(=O)C1CC(C(=O)NC(CC2CCCCC2)C(O)CN(C)NC(=O)C2CCCCC2)CC(S(=O)(=O)N(C)C)C1. The highest BCUT2D eigenvalue weighted by Crippen LogP contribution is 2.36. The van der Waals surface area contributed by atoms with Crippen molar-refractivity contribution in [3.8, 4) is 0 Å². The van der Waals surface area contributed by atoms with Crippen LogP contribution in [0.15, 0.2) is 0 Å². The normalized spacial score (nSPS) is 24.8. The van der Waals surface area contributed by atoms with Gasteiger partial charge in [0.1, 0.15) is 0 Å². The van der Waals surface area contributed by atoms with E-state index in [1.54, 1.807) is 12.1 Å². The predicted octanol–water partition coefficient (Wildman–Crippen LogP) is 3.67. The molecule has 11 nitrogen and oxygen atoms in total. The van der Waals surface area contributed by atoms with Crippen LogP contribution in [0, 0.1) is 23.7 Å². The number of hydrogen-bond donors (Lipinski definition) is 3. The summed E-state index contributed by atoms with van der Waals surface area (Å²) in [7, 11) is 1.04. The topological polar surface area (TPSA) is 139 Å². The van der Waals surface area contributed by atoms with E-state index in [1.165, 1.54) is 24.8 Å². The molecule has 266 valence electrons. The average molecular weight is 670 g/mol. The summed E-state index contributed by atoms with van der Waals surface area (Å²) in [6.07, 6.45) is 12.5. The molecule has 3 saturated carbocycles. The van der Waals surface area contributed by atoms with Gasteiger partial charge >= 0.3 is 0 Å². The number of aliphatic hydroxyl groups is 1. The maximum atomic E-state index is 14.0. The molecule has 12 heteroatoms. The fraction of sp³-hybridized carbons (Fsp3) is 0.912. The van der Waals surface area contributed by atoms with Crippen molar-refractivity contribution in [3.05, 3.63) is 0 Å². The van der Waals surface area contributed by atoms with Gasteiger partial charge in [0.2, 0.25) is 27.7 Å². The second kappa shape index (κ2) is 18.7. The molecule has 3 N–H and O–H groups in total. The van der Waals surface area contributed by atoms with Crippen LogP contribution >= 0.6 is 0 Å². The molecule has 5 atom stereocenters. The van der Waals surface area contributed by atoms with E-state index in [9.17, 15) is 27.9 Å². The summed E-state index contributed by atoms with van der Waals surface area (Å²) >= 11 is 0. The van der Waals surface area contributed by atoms with E-state index >= 15 is 0 Å². The Morgan fingerprint density at radius 2 is 1.35 bits per heavy atom. The Hall–Kier alpha value is -1.76. The van der Waals surface area contributed by atoms with Gasteiger partial charge < -0.3 is 15.3 Å². The Bertz CT molecular complexity index is 1070. The van der Waals surface area contributed by atoms with Gasteiger partial charge in [-0.1, -0.05) is 65.2 Å². The molecule has 3 aliphatic carbocycles. The minimum atomic E-state index is -3.70. The number of carbonyl (C=O) groups is 3. The zero-order valence-corrected chi connectivity index (χ0v) is 30.0. The van der Waals surface area contributed by atoms with E-state index in [2.05, 4.69) is 10.7 Å². The van der Waals surface area contributed by atoms with Crippen molar-refractivity contribution >= 4 is 27.7 Å². The Morgan fingerprint density at radius 1 is 0.783 bits per heavy atom. The Labute approximate surface area is 278 Å². The van der Waals surface area contributed by atoms with Gasteiger partial charge in [0.25, 0.3) is 0 Å². The van der Waals surface area contributed by atoms with E-state index in [0.717, 1.165) is 70.6 Å². The van der Waals surface area contributed by atoms with Crippen molar-refractivity contribution in [1.82, 2.24) is 25.0 Å². The molecule has 0 radical (unpaired) electrons. The quantitative estimate of drug-likeness (QED) is 0.213. The highest BCUT2D eigenvalue weighted by atomic mass is 32.2. The van der Waals surface area contributed by atoms with Crippen molar-refractivity contribution in [1.29, 1.82) is 0 Å². The van der Waals surface area contributed by atoms with E-state index < -0.39 is 39.3 Å². The first-order chi connectivity index (χ1) is 21.9. The van der Waals surface area contributed by atoms with Crippen LogP contribution in [0.3, 0.4) is 0 Å². The molecule has 0 aliphatic heterocycles. The monoisotopic (exact) mass is 669 g/mol. The highest BCUT2D eigenvalue weighted by molar-refractivity contribution is 7.89. The minimum absolute atomic E-state index is 0.00925. The third-order valence-electron chi connectivity index (χ3n) is 10.5. The van der Waals surface area contributed by atoms with Gasteiger partial charge in [-0.3, -0.25) is 19.8 Å². The summed E-state index contributed by atoms with van der Waals surface area (Å²) in [6, 6.07) is -0.554.